The molecule has 11 nitrogen and oxygen atoms in total. The fraction of sp³-hybridized carbons (Fsp3) is 0.400. The first-order valence-electron chi connectivity index (χ1n) is 11.2. The first-order chi connectivity index (χ1) is 17.1. The Kier molecular flexibility index (Phi) is 8.25. The van der Waals surface area contributed by atoms with Crippen molar-refractivity contribution in [2.45, 2.75) is 32.2 Å². The second kappa shape index (κ2) is 11.2. The number of rotatable bonds is 9. The number of carbonyl (C=O) groups is 3. The molecule has 2 aromatic carbocycles. The van der Waals surface area contributed by atoms with Gasteiger partial charge in [0.15, 0.2) is 11.5 Å². The molecule has 0 unspecified atom stereocenters. The average Bonchev–Trinajstić information content (AvgIpc) is 3.21. The normalized spacial score (nSPS) is 17.4. The molecule has 0 radical (unpaired) electrons. The van der Waals surface area contributed by atoms with E-state index in [-0.39, 0.29) is 46.9 Å². The van der Waals surface area contributed by atoms with Gasteiger partial charge in [0.2, 0.25) is 0 Å². The quantitative estimate of drug-likeness (QED) is 0.166. The number of nitro benzene ring substituents is 1. The van der Waals surface area contributed by atoms with Crippen LogP contribution in [-0.4, -0.2) is 68.0 Å². The lowest BCUT2D eigenvalue weighted by molar-refractivity contribution is -0.384. The molecule has 1 fully saturated rings. The van der Waals surface area contributed by atoms with Crippen molar-refractivity contribution in [1.82, 2.24) is 4.90 Å². The fourth-order valence-electron chi connectivity index (χ4n) is 4.41. The molecule has 2 aromatic rings. The number of ketones is 1. The maximum Gasteiger partial charge on any atom is 0.343 e. The van der Waals surface area contributed by atoms with E-state index >= 15 is 0 Å². The van der Waals surface area contributed by atoms with Gasteiger partial charge in [0, 0.05) is 36.6 Å². The van der Waals surface area contributed by atoms with Gasteiger partial charge in [-0.05, 0) is 39.1 Å². The minimum Gasteiger partial charge on any atom is -0.496 e. The van der Waals surface area contributed by atoms with Crippen molar-refractivity contribution >= 4 is 23.4 Å². The van der Waals surface area contributed by atoms with Crippen LogP contribution in [-0.2, 0) is 9.53 Å². The highest BCUT2D eigenvalue weighted by molar-refractivity contribution is 6.02. The summed E-state index contributed by atoms with van der Waals surface area (Å²) in [5.74, 6) is -1.46. The Morgan fingerprint density at radius 2 is 1.72 bits per heavy atom. The summed E-state index contributed by atoms with van der Waals surface area (Å²) in [4.78, 5) is 49.8. The largest absolute Gasteiger partial charge is 0.496 e. The zero-order valence-corrected chi connectivity index (χ0v) is 20.7. The Hall–Kier alpha value is -3.99. The number of carbonyl (C=O) groups excluding carboxylic acids is 3. The lowest BCUT2D eigenvalue weighted by Crippen LogP contribution is -2.34. The van der Waals surface area contributed by atoms with E-state index in [9.17, 15) is 24.5 Å². The number of nitrogens with zero attached hydrogens (tertiary/aromatic N) is 2. The third-order valence-corrected chi connectivity index (χ3v) is 6.20. The molecule has 1 aliphatic rings. The van der Waals surface area contributed by atoms with Crippen LogP contribution in [0.4, 0.5) is 5.69 Å². The van der Waals surface area contributed by atoms with Crippen molar-refractivity contribution in [2.75, 3.05) is 34.4 Å². The van der Waals surface area contributed by atoms with Gasteiger partial charge in [-0.25, -0.2) is 4.79 Å². The van der Waals surface area contributed by atoms with E-state index in [0.717, 1.165) is 0 Å². The molecule has 1 aliphatic heterocycles. The first-order valence-corrected chi connectivity index (χ1v) is 11.2. The smallest absolute Gasteiger partial charge is 0.343 e. The summed E-state index contributed by atoms with van der Waals surface area (Å²) >= 11 is 0. The molecule has 0 amide bonds. The van der Waals surface area contributed by atoms with Crippen LogP contribution in [0.25, 0.3) is 0 Å². The molecule has 11 heteroatoms. The fourth-order valence-corrected chi connectivity index (χ4v) is 4.41. The molecule has 0 bridgehead atoms. The molecule has 192 valence electrons. The highest BCUT2D eigenvalue weighted by Crippen LogP contribution is 2.48. The van der Waals surface area contributed by atoms with Crippen molar-refractivity contribution in [3.8, 4) is 17.2 Å². The third-order valence-electron chi connectivity index (χ3n) is 6.20. The summed E-state index contributed by atoms with van der Waals surface area (Å²) in [6, 6.07) is 6.23. The molecule has 2 atom stereocenters. The van der Waals surface area contributed by atoms with Crippen LogP contribution in [0.2, 0.25) is 0 Å². The Bertz CT molecular complexity index is 1180. The molecule has 1 heterocycles. The lowest BCUT2D eigenvalue weighted by atomic mass is 9.87. The minimum atomic E-state index is -0.813. The van der Waals surface area contributed by atoms with Crippen LogP contribution >= 0.6 is 0 Å². The van der Waals surface area contributed by atoms with E-state index < -0.39 is 22.6 Å². The van der Waals surface area contributed by atoms with Gasteiger partial charge >= 0.3 is 11.9 Å². The van der Waals surface area contributed by atoms with Gasteiger partial charge in [-0.2, -0.15) is 0 Å². The summed E-state index contributed by atoms with van der Waals surface area (Å²) in [6.07, 6.45) is 0.616. The maximum absolute atomic E-state index is 13.1. The Morgan fingerprint density at radius 1 is 1.08 bits per heavy atom. The van der Waals surface area contributed by atoms with E-state index in [1.165, 1.54) is 52.3 Å². The van der Waals surface area contributed by atoms with Gasteiger partial charge in [-0.15, -0.1) is 0 Å². The maximum atomic E-state index is 13.1. The number of methoxy groups -OCH3 is 2. The SMILES string of the molecule is COc1cc(OC)c([C@@H]2CCN(C)[C@H]2COC(C)=O)c(OC(=O)c2ccc([N+](=O)[O-])cc2)c1C(C)=O. The zero-order chi connectivity index (χ0) is 26.6. The number of hydrogen-bond donors (Lipinski definition) is 0. The molecule has 0 saturated carbocycles. The summed E-state index contributed by atoms with van der Waals surface area (Å²) in [5.41, 5.74) is 0.412. The second-order valence-corrected chi connectivity index (χ2v) is 8.39. The van der Waals surface area contributed by atoms with E-state index in [1.807, 2.05) is 11.9 Å². The summed E-state index contributed by atoms with van der Waals surface area (Å²) in [5, 5.41) is 11.0. The van der Waals surface area contributed by atoms with Crippen LogP contribution in [0.1, 0.15) is 52.5 Å². The molecule has 3 rings (SSSR count). The van der Waals surface area contributed by atoms with Gasteiger partial charge < -0.3 is 18.9 Å². The predicted molar refractivity (Wildman–Crippen MR) is 128 cm³/mol. The van der Waals surface area contributed by atoms with Crippen LogP contribution < -0.4 is 14.2 Å². The van der Waals surface area contributed by atoms with Gasteiger partial charge in [0.05, 0.1) is 30.7 Å². The molecular weight excluding hydrogens is 472 g/mol. The predicted octanol–water partition coefficient (Wildman–Crippen LogP) is 3.38. The number of likely N-dealkylation sites (N-methyl/N-ethyl adjacent to an activating group) is 1. The lowest BCUT2D eigenvalue weighted by Gasteiger charge is -2.28. The van der Waals surface area contributed by atoms with E-state index in [0.29, 0.717) is 24.3 Å². The zero-order valence-electron chi connectivity index (χ0n) is 20.7. The third kappa shape index (κ3) is 5.46. The molecule has 0 spiro atoms. The second-order valence-electron chi connectivity index (χ2n) is 8.39. The van der Waals surface area contributed by atoms with Crippen molar-refractivity contribution in [2.24, 2.45) is 0 Å². The highest BCUT2D eigenvalue weighted by atomic mass is 16.6. The first kappa shape index (κ1) is 26.6. The Labute approximate surface area is 208 Å². The standard InChI is InChI=1S/C25H28N2O9/c1-14(28)22-20(33-4)12-21(34-5)23(18-10-11-26(3)19(18)13-35-15(2)29)24(22)36-25(30)16-6-8-17(9-7-16)27(31)32/h6-9,12,18-19H,10-11,13H2,1-5H3/t18-,19+/m1/s1. The number of benzene rings is 2. The molecule has 1 saturated heterocycles. The highest BCUT2D eigenvalue weighted by Gasteiger charge is 2.40. The number of Topliss-reactive ketones (excluding diaryl/α,β-unsaturated/α-hetero) is 1. The van der Waals surface area contributed by atoms with Crippen LogP contribution in [0.3, 0.4) is 0 Å². The minimum absolute atomic E-state index is 0.0184. The number of nitro groups is 1. The average molecular weight is 501 g/mol. The van der Waals surface area contributed by atoms with Gasteiger partial charge in [0.25, 0.3) is 5.69 Å². The number of likely N-dealkylation sites (tertiary alicyclic amines) is 1. The number of hydrogen-bond acceptors (Lipinski definition) is 10. The Morgan fingerprint density at radius 3 is 2.25 bits per heavy atom. The van der Waals surface area contributed by atoms with Gasteiger partial charge in [-0.1, -0.05) is 0 Å². The van der Waals surface area contributed by atoms with Gasteiger partial charge in [0.1, 0.15) is 23.7 Å². The number of esters is 2. The summed E-state index contributed by atoms with van der Waals surface area (Å²) < 4.78 is 22.2. The van der Waals surface area contributed by atoms with E-state index in [2.05, 4.69) is 0 Å². The molecular formula is C25H28N2O9. The van der Waals surface area contributed by atoms with Gasteiger partial charge in [-0.3, -0.25) is 24.6 Å². The van der Waals surface area contributed by atoms with Crippen molar-refractivity contribution < 1.29 is 38.3 Å². The van der Waals surface area contributed by atoms with E-state index in [4.69, 9.17) is 18.9 Å². The van der Waals surface area contributed by atoms with Crippen molar-refractivity contribution in [1.29, 1.82) is 0 Å². The summed E-state index contributed by atoms with van der Waals surface area (Å²) in [6.45, 7) is 3.41. The number of non-ortho nitro benzene ring substituents is 1. The van der Waals surface area contributed by atoms with Crippen LogP contribution in [0.15, 0.2) is 30.3 Å². The van der Waals surface area contributed by atoms with Crippen molar-refractivity contribution in [3.05, 3.63) is 57.1 Å². The van der Waals surface area contributed by atoms with Crippen LogP contribution in [0.5, 0.6) is 17.2 Å². The Balaban J connectivity index is 2.15. The summed E-state index contributed by atoms with van der Waals surface area (Å²) in [7, 11) is 4.72. The monoisotopic (exact) mass is 500 g/mol. The molecule has 36 heavy (non-hydrogen) atoms. The van der Waals surface area contributed by atoms with Crippen LogP contribution in [0, 0.1) is 10.1 Å². The number of ether oxygens (including phenoxy) is 4. The molecule has 0 aromatic heterocycles. The topological polar surface area (TPSA) is 135 Å². The molecule has 0 N–H and O–H groups in total. The van der Waals surface area contributed by atoms with Crippen molar-refractivity contribution in [3.63, 3.8) is 0 Å². The molecule has 0 aliphatic carbocycles. The van der Waals surface area contributed by atoms with E-state index in [1.54, 1.807) is 6.07 Å².